The van der Waals surface area contributed by atoms with Gasteiger partial charge in [-0.25, -0.2) is 13.2 Å². The minimum absolute atomic E-state index is 0.0214. The Morgan fingerprint density at radius 3 is 2.40 bits per heavy atom. The lowest BCUT2D eigenvalue weighted by Gasteiger charge is -2.25. The van der Waals surface area contributed by atoms with Gasteiger partial charge < -0.3 is 9.80 Å². The molecule has 2 fully saturated rings. The minimum atomic E-state index is -3.27. The van der Waals surface area contributed by atoms with Crippen molar-refractivity contribution in [1.82, 2.24) is 18.9 Å². The van der Waals surface area contributed by atoms with Crippen LogP contribution in [-0.2, 0) is 23.9 Å². The number of likely N-dealkylation sites (tertiary alicyclic amines) is 1. The van der Waals surface area contributed by atoms with Gasteiger partial charge in [0.2, 0.25) is 0 Å². The van der Waals surface area contributed by atoms with Crippen molar-refractivity contribution in [2.75, 3.05) is 32.9 Å². The van der Waals surface area contributed by atoms with Crippen LogP contribution in [0, 0.1) is 5.92 Å². The summed E-state index contributed by atoms with van der Waals surface area (Å²) in [6, 6.07) is 0.982. The summed E-state index contributed by atoms with van der Waals surface area (Å²) < 4.78 is 26.9. The van der Waals surface area contributed by atoms with Crippen LogP contribution in [0.15, 0.2) is 15.7 Å². The second-order valence-corrected chi connectivity index (χ2v) is 9.31. The number of fused-ring (bicyclic) bond motifs is 1. The topological polar surface area (TPSA) is 102 Å². The van der Waals surface area contributed by atoms with Gasteiger partial charge in [-0.05, 0) is 14.1 Å². The van der Waals surface area contributed by atoms with Crippen molar-refractivity contribution in [3.63, 3.8) is 0 Å². The molecule has 3 atom stereocenters. The first-order valence-corrected chi connectivity index (χ1v) is 9.70. The summed E-state index contributed by atoms with van der Waals surface area (Å²) in [6.45, 7) is 0.397. The Bertz CT molecular complexity index is 946. The standard InChI is InChI=1S/C15H22N4O5S/c1-16(2)11-8-25(23,24)12-7-19(6-9(11)12)14(21)10-5-13(20)18(4)15(22)17(10)3/h5,9,11-12H,6-8H2,1-4H3/t9-,11-,12-/m0/s1. The average Bonchev–Trinajstić information content (AvgIpc) is 3.08. The van der Waals surface area contributed by atoms with Gasteiger partial charge in [-0.2, -0.15) is 0 Å². The summed E-state index contributed by atoms with van der Waals surface area (Å²) in [5, 5.41) is -0.590. The van der Waals surface area contributed by atoms with Gasteiger partial charge in [0.05, 0.1) is 11.0 Å². The Kier molecular flexibility index (Phi) is 4.15. The first-order valence-electron chi connectivity index (χ1n) is 7.99. The maximum absolute atomic E-state index is 12.8. The monoisotopic (exact) mass is 370 g/mol. The Balaban J connectivity index is 1.95. The number of aromatic nitrogens is 2. The Hall–Kier alpha value is -1.94. The Morgan fingerprint density at radius 1 is 1.16 bits per heavy atom. The molecular formula is C15H22N4O5S. The quantitative estimate of drug-likeness (QED) is 0.590. The fourth-order valence-corrected chi connectivity index (χ4v) is 6.31. The average molecular weight is 370 g/mol. The second-order valence-electron chi connectivity index (χ2n) is 7.04. The van der Waals surface area contributed by atoms with Crippen LogP contribution >= 0.6 is 0 Å². The third kappa shape index (κ3) is 2.73. The lowest BCUT2D eigenvalue weighted by atomic mass is 10.00. The van der Waals surface area contributed by atoms with E-state index in [-0.39, 0.29) is 30.0 Å². The predicted octanol–water partition coefficient (Wildman–Crippen LogP) is -2.12. The van der Waals surface area contributed by atoms with E-state index in [0.29, 0.717) is 6.54 Å². The highest BCUT2D eigenvalue weighted by Gasteiger charge is 2.53. The largest absolute Gasteiger partial charge is 0.336 e. The van der Waals surface area contributed by atoms with Crippen molar-refractivity contribution in [3.8, 4) is 0 Å². The molecule has 25 heavy (non-hydrogen) atoms. The van der Waals surface area contributed by atoms with Crippen molar-refractivity contribution >= 4 is 15.7 Å². The highest BCUT2D eigenvalue weighted by Crippen LogP contribution is 2.36. The summed E-state index contributed by atoms with van der Waals surface area (Å²) in [7, 11) is 3.15. The molecule has 0 saturated carbocycles. The zero-order chi connectivity index (χ0) is 18.7. The molecule has 2 aliphatic rings. The Labute approximate surface area is 145 Å². The fraction of sp³-hybridized carbons (Fsp3) is 0.667. The summed E-state index contributed by atoms with van der Waals surface area (Å²) in [5.74, 6) is -0.547. The molecule has 0 aromatic carbocycles. The van der Waals surface area contributed by atoms with E-state index in [1.807, 2.05) is 19.0 Å². The minimum Gasteiger partial charge on any atom is -0.336 e. The molecule has 138 valence electrons. The molecule has 2 saturated heterocycles. The van der Waals surface area contributed by atoms with Crippen LogP contribution in [0.4, 0.5) is 0 Å². The van der Waals surface area contributed by atoms with Crippen LogP contribution < -0.4 is 11.2 Å². The van der Waals surface area contributed by atoms with E-state index >= 15 is 0 Å². The normalized spacial score (nSPS) is 27.7. The van der Waals surface area contributed by atoms with Gasteiger partial charge in [-0.3, -0.25) is 18.7 Å². The Morgan fingerprint density at radius 2 is 1.80 bits per heavy atom. The van der Waals surface area contributed by atoms with E-state index in [0.717, 1.165) is 15.2 Å². The number of carbonyl (C=O) groups excluding carboxylic acids is 1. The summed E-state index contributed by atoms with van der Waals surface area (Å²) >= 11 is 0. The molecule has 1 aromatic heterocycles. The zero-order valence-corrected chi connectivity index (χ0v) is 15.5. The second kappa shape index (κ2) is 5.80. The molecule has 0 radical (unpaired) electrons. The molecule has 0 bridgehead atoms. The third-order valence-corrected chi connectivity index (χ3v) is 7.59. The van der Waals surface area contributed by atoms with Gasteiger partial charge in [0.25, 0.3) is 11.5 Å². The highest BCUT2D eigenvalue weighted by atomic mass is 32.2. The van der Waals surface area contributed by atoms with Gasteiger partial charge >= 0.3 is 5.69 Å². The molecule has 0 spiro atoms. The maximum Gasteiger partial charge on any atom is 0.331 e. The first-order chi connectivity index (χ1) is 11.5. The van der Waals surface area contributed by atoms with E-state index in [1.165, 1.54) is 19.0 Å². The molecule has 0 N–H and O–H groups in total. The molecule has 1 aromatic rings. The summed E-state index contributed by atoms with van der Waals surface area (Å²) in [4.78, 5) is 40.0. The predicted molar refractivity (Wildman–Crippen MR) is 91.4 cm³/mol. The molecule has 10 heteroatoms. The van der Waals surface area contributed by atoms with Crippen LogP contribution in [0.2, 0.25) is 0 Å². The SMILES string of the molecule is CN(C)[C@H]1CS(=O)(=O)[C@H]2CN(C(=O)c3cc(=O)n(C)c(=O)n3C)C[C@@H]12. The smallest absolute Gasteiger partial charge is 0.331 e. The lowest BCUT2D eigenvalue weighted by Crippen LogP contribution is -2.43. The van der Waals surface area contributed by atoms with Crippen LogP contribution in [-0.4, -0.2) is 77.5 Å². The molecule has 9 nitrogen and oxygen atoms in total. The maximum atomic E-state index is 12.8. The van der Waals surface area contributed by atoms with Gasteiger partial charge in [-0.15, -0.1) is 0 Å². The van der Waals surface area contributed by atoms with Crippen molar-refractivity contribution in [2.45, 2.75) is 11.3 Å². The van der Waals surface area contributed by atoms with Gasteiger partial charge in [0.1, 0.15) is 5.69 Å². The van der Waals surface area contributed by atoms with Crippen LogP contribution in [0.25, 0.3) is 0 Å². The van der Waals surface area contributed by atoms with Crippen molar-refractivity contribution in [1.29, 1.82) is 0 Å². The number of hydrogen-bond acceptors (Lipinski definition) is 6. The number of amides is 1. The van der Waals surface area contributed by atoms with E-state index in [1.54, 1.807) is 0 Å². The van der Waals surface area contributed by atoms with Crippen LogP contribution in [0.5, 0.6) is 0 Å². The fourth-order valence-electron chi connectivity index (χ4n) is 3.83. The zero-order valence-electron chi connectivity index (χ0n) is 14.7. The van der Waals surface area contributed by atoms with Crippen LogP contribution in [0.3, 0.4) is 0 Å². The first kappa shape index (κ1) is 17.9. The van der Waals surface area contributed by atoms with Crippen LogP contribution in [0.1, 0.15) is 10.5 Å². The lowest BCUT2D eigenvalue weighted by molar-refractivity contribution is 0.0767. The summed E-state index contributed by atoms with van der Waals surface area (Å²) in [5.41, 5.74) is -1.18. The molecule has 3 heterocycles. The number of rotatable bonds is 2. The number of hydrogen-bond donors (Lipinski definition) is 0. The van der Waals surface area contributed by atoms with E-state index in [2.05, 4.69) is 0 Å². The number of sulfone groups is 1. The number of carbonyl (C=O) groups is 1. The molecule has 1 amide bonds. The van der Waals surface area contributed by atoms with E-state index in [4.69, 9.17) is 0 Å². The number of nitrogens with zero attached hydrogens (tertiary/aromatic N) is 4. The molecule has 0 unspecified atom stereocenters. The van der Waals surface area contributed by atoms with Crippen molar-refractivity contribution in [3.05, 3.63) is 32.6 Å². The van der Waals surface area contributed by atoms with E-state index in [9.17, 15) is 22.8 Å². The van der Waals surface area contributed by atoms with E-state index < -0.39 is 32.2 Å². The summed E-state index contributed by atoms with van der Waals surface area (Å²) in [6.07, 6.45) is 0. The van der Waals surface area contributed by atoms with Crippen molar-refractivity contribution < 1.29 is 13.2 Å². The molecular weight excluding hydrogens is 348 g/mol. The molecule has 3 rings (SSSR count). The third-order valence-electron chi connectivity index (χ3n) is 5.36. The van der Waals surface area contributed by atoms with Gasteiger partial charge in [0.15, 0.2) is 9.84 Å². The molecule has 0 aliphatic carbocycles. The van der Waals surface area contributed by atoms with Gasteiger partial charge in [-0.1, -0.05) is 0 Å². The van der Waals surface area contributed by atoms with Gasteiger partial charge in [0, 0.05) is 45.2 Å². The highest BCUT2D eigenvalue weighted by molar-refractivity contribution is 7.92. The van der Waals surface area contributed by atoms with Crippen molar-refractivity contribution in [2.24, 2.45) is 20.0 Å². The molecule has 2 aliphatic heterocycles.